The van der Waals surface area contributed by atoms with Gasteiger partial charge in [0.15, 0.2) is 0 Å². The van der Waals surface area contributed by atoms with Crippen LogP contribution in [0.5, 0.6) is 0 Å². The van der Waals surface area contributed by atoms with Crippen LogP contribution in [0.4, 0.5) is 0 Å². The molecule has 1 atom stereocenters. The third-order valence-corrected chi connectivity index (χ3v) is 2.66. The quantitative estimate of drug-likeness (QED) is 0.778. The van der Waals surface area contributed by atoms with E-state index in [1.165, 1.54) is 12.8 Å². The molecular formula is C12H21NO. The van der Waals surface area contributed by atoms with Crippen LogP contribution in [0.2, 0.25) is 0 Å². The second kappa shape index (κ2) is 5.20. The van der Waals surface area contributed by atoms with Crippen LogP contribution >= 0.6 is 0 Å². The predicted octanol–water partition coefficient (Wildman–Crippen LogP) is 3.43. The van der Waals surface area contributed by atoms with Crippen LogP contribution in [-0.2, 0) is 0 Å². The van der Waals surface area contributed by atoms with Crippen molar-refractivity contribution in [1.82, 2.24) is 5.32 Å². The standard InChI is InChI=1S/C12H21NO/c1-5-11(6-2)13-10(4)12-8-7-9(3)14-12/h7-8,10-11,13H,5-6H2,1-4H3/t10-/m1/s1. The normalized spacial score (nSPS) is 13.5. The van der Waals surface area contributed by atoms with E-state index in [1.54, 1.807) is 0 Å². The molecule has 0 aliphatic rings. The number of hydrogen-bond donors (Lipinski definition) is 1. The van der Waals surface area contributed by atoms with E-state index in [0.717, 1.165) is 11.5 Å². The number of aryl methyl sites for hydroxylation is 1. The molecule has 1 rings (SSSR count). The third-order valence-electron chi connectivity index (χ3n) is 2.66. The number of furan rings is 1. The third kappa shape index (κ3) is 2.88. The van der Waals surface area contributed by atoms with Crippen molar-refractivity contribution < 1.29 is 4.42 Å². The lowest BCUT2D eigenvalue weighted by atomic mass is 10.1. The minimum atomic E-state index is 0.314. The Bertz CT molecular complexity index is 263. The molecule has 0 saturated heterocycles. The zero-order valence-electron chi connectivity index (χ0n) is 9.63. The first kappa shape index (κ1) is 11.3. The molecule has 0 saturated carbocycles. The lowest BCUT2D eigenvalue weighted by Crippen LogP contribution is -2.30. The molecule has 0 spiro atoms. The molecule has 1 heterocycles. The molecule has 0 radical (unpaired) electrons. The fraction of sp³-hybridized carbons (Fsp3) is 0.667. The molecule has 0 aromatic carbocycles. The second-order valence-corrected chi connectivity index (χ2v) is 3.85. The fourth-order valence-corrected chi connectivity index (χ4v) is 1.65. The van der Waals surface area contributed by atoms with E-state index >= 15 is 0 Å². The van der Waals surface area contributed by atoms with Gasteiger partial charge >= 0.3 is 0 Å². The first-order valence-electron chi connectivity index (χ1n) is 5.49. The molecule has 0 unspecified atom stereocenters. The molecule has 2 nitrogen and oxygen atoms in total. The summed E-state index contributed by atoms with van der Waals surface area (Å²) in [5, 5.41) is 3.55. The van der Waals surface area contributed by atoms with Crippen molar-refractivity contribution in [3.63, 3.8) is 0 Å². The summed E-state index contributed by atoms with van der Waals surface area (Å²) in [7, 11) is 0. The van der Waals surface area contributed by atoms with E-state index in [4.69, 9.17) is 4.42 Å². The minimum absolute atomic E-state index is 0.314. The van der Waals surface area contributed by atoms with Gasteiger partial charge in [0.05, 0.1) is 6.04 Å². The summed E-state index contributed by atoms with van der Waals surface area (Å²) < 4.78 is 5.57. The summed E-state index contributed by atoms with van der Waals surface area (Å²) >= 11 is 0. The van der Waals surface area contributed by atoms with Crippen molar-refractivity contribution in [2.24, 2.45) is 0 Å². The van der Waals surface area contributed by atoms with Crippen molar-refractivity contribution in [3.05, 3.63) is 23.7 Å². The number of nitrogens with one attached hydrogen (secondary N) is 1. The average molecular weight is 195 g/mol. The monoisotopic (exact) mass is 195 g/mol. The summed E-state index contributed by atoms with van der Waals surface area (Å²) in [5.41, 5.74) is 0. The number of rotatable bonds is 5. The minimum Gasteiger partial charge on any atom is -0.465 e. The SMILES string of the molecule is CCC(CC)N[C@H](C)c1ccc(C)o1. The predicted molar refractivity (Wildman–Crippen MR) is 59.4 cm³/mol. The second-order valence-electron chi connectivity index (χ2n) is 3.85. The average Bonchev–Trinajstić information content (AvgIpc) is 2.61. The van der Waals surface area contributed by atoms with Gasteiger partial charge in [0, 0.05) is 6.04 Å². The molecule has 14 heavy (non-hydrogen) atoms. The topological polar surface area (TPSA) is 25.2 Å². The Morgan fingerprint density at radius 1 is 1.29 bits per heavy atom. The highest BCUT2D eigenvalue weighted by molar-refractivity contribution is 5.09. The van der Waals surface area contributed by atoms with Crippen LogP contribution in [0.1, 0.15) is 51.2 Å². The molecule has 2 heteroatoms. The molecule has 0 aliphatic heterocycles. The van der Waals surface area contributed by atoms with Crippen molar-refractivity contribution >= 4 is 0 Å². The van der Waals surface area contributed by atoms with Crippen LogP contribution in [0.3, 0.4) is 0 Å². The zero-order valence-corrected chi connectivity index (χ0v) is 9.63. The van der Waals surface area contributed by atoms with Crippen molar-refractivity contribution in [2.75, 3.05) is 0 Å². The van der Waals surface area contributed by atoms with Crippen molar-refractivity contribution in [1.29, 1.82) is 0 Å². The maximum absolute atomic E-state index is 5.57. The van der Waals surface area contributed by atoms with E-state index in [-0.39, 0.29) is 0 Å². The Kier molecular flexibility index (Phi) is 4.21. The molecular weight excluding hydrogens is 174 g/mol. The molecule has 1 aromatic rings. The van der Waals surface area contributed by atoms with Gasteiger partial charge in [-0.05, 0) is 38.8 Å². The van der Waals surface area contributed by atoms with E-state index in [0.29, 0.717) is 12.1 Å². The van der Waals surface area contributed by atoms with E-state index in [2.05, 4.69) is 32.2 Å². The van der Waals surface area contributed by atoms with Gasteiger partial charge in [-0.15, -0.1) is 0 Å². The molecule has 1 N–H and O–H groups in total. The van der Waals surface area contributed by atoms with Gasteiger partial charge in [0.2, 0.25) is 0 Å². The lowest BCUT2D eigenvalue weighted by Gasteiger charge is -2.19. The van der Waals surface area contributed by atoms with Gasteiger partial charge < -0.3 is 9.73 Å². The van der Waals surface area contributed by atoms with Gasteiger partial charge in [-0.25, -0.2) is 0 Å². The molecule has 0 fully saturated rings. The highest BCUT2D eigenvalue weighted by Gasteiger charge is 2.12. The largest absolute Gasteiger partial charge is 0.465 e. The Balaban J connectivity index is 2.53. The van der Waals surface area contributed by atoms with Crippen LogP contribution < -0.4 is 5.32 Å². The Morgan fingerprint density at radius 2 is 1.93 bits per heavy atom. The summed E-state index contributed by atoms with van der Waals surface area (Å²) in [6, 6.07) is 4.97. The van der Waals surface area contributed by atoms with E-state index < -0.39 is 0 Å². The van der Waals surface area contributed by atoms with E-state index in [1.807, 2.05) is 13.0 Å². The van der Waals surface area contributed by atoms with E-state index in [9.17, 15) is 0 Å². The van der Waals surface area contributed by atoms with Crippen LogP contribution in [0, 0.1) is 6.92 Å². The molecule has 0 amide bonds. The summed E-state index contributed by atoms with van der Waals surface area (Å²) in [5.74, 6) is 2.02. The molecule has 0 bridgehead atoms. The fourth-order valence-electron chi connectivity index (χ4n) is 1.65. The molecule has 1 aromatic heterocycles. The number of hydrogen-bond acceptors (Lipinski definition) is 2. The van der Waals surface area contributed by atoms with Gasteiger partial charge in [0.1, 0.15) is 11.5 Å². The zero-order chi connectivity index (χ0) is 10.6. The smallest absolute Gasteiger partial charge is 0.120 e. The Labute approximate surface area is 86.7 Å². The Morgan fingerprint density at radius 3 is 2.36 bits per heavy atom. The van der Waals surface area contributed by atoms with Crippen molar-refractivity contribution in [2.45, 2.75) is 52.6 Å². The first-order valence-corrected chi connectivity index (χ1v) is 5.49. The van der Waals surface area contributed by atoms with Gasteiger partial charge in [0.25, 0.3) is 0 Å². The van der Waals surface area contributed by atoms with Crippen LogP contribution in [-0.4, -0.2) is 6.04 Å². The van der Waals surface area contributed by atoms with Crippen molar-refractivity contribution in [3.8, 4) is 0 Å². The highest BCUT2D eigenvalue weighted by Crippen LogP contribution is 2.17. The lowest BCUT2D eigenvalue weighted by molar-refractivity contribution is 0.369. The molecule has 80 valence electrons. The van der Waals surface area contributed by atoms with Gasteiger partial charge in [-0.2, -0.15) is 0 Å². The van der Waals surface area contributed by atoms with Gasteiger partial charge in [-0.3, -0.25) is 0 Å². The van der Waals surface area contributed by atoms with Crippen LogP contribution in [0.25, 0.3) is 0 Å². The maximum Gasteiger partial charge on any atom is 0.120 e. The van der Waals surface area contributed by atoms with Crippen LogP contribution in [0.15, 0.2) is 16.5 Å². The summed E-state index contributed by atoms with van der Waals surface area (Å²) in [4.78, 5) is 0. The Hall–Kier alpha value is -0.760. The first-order chi connectivity index (χ1) is 6.67. The highest BCUT2D eigenvalue weighted by atomic mass is 16.3. The summed E-state index contributed by atoms with van der Waals surface area (Å²) in [6.45, 7) is 8.55. The summed E-state index contributed by atoms with van der Waals surface area (Å²) in [6.07, 6.45) is 2.33. The maximum atomic E-state index is 5.57. The molecule has 0 aliphatic carbocycles. The van der Waals surface area contributed by atoms with Gasteiger partial charge in [-0.1, -0.05) is 13.8 Å².